The number of anilines is 1. The van der Waals surface area contributed by atoms with Crippen LogP contribution >= 0.6 is 11.6 Å². The molecule has 2 aromatic rings. The fourth-order valence-electron chi connectivity index (χ4n) is 2.68. The van der Waals surface area contributed by atoms with Crippen molar-refractivity contribution in [1.29, 1.82) is 0 Å². The lowest BCUT2D eigenvalue weighted by molar-refractivity contribution is 0.774. The first-order valence-corrected chi connectivity index (χ1v) is 7.22. The van der Waals surface area contributed by atoms with E-state index in [4.69, 9.17) is 11.6 Å². The van der Waals surface area contributed by atoms with Gasteiger partial charge in [0.05, 0.1) is 11.6 Å². The fraction of sp³-hybridized carbons (Fsp3) is 0.312. The third-order valence-electron chi connectivity index (χ3n) is 3.71. The van der Waals surface area contributed by atoms with Crippen molar-refractivity contribution in [3.8, 4) is 0 Å². The van der Waals surface area contributed by atoms with Crippen LogP contribution in [0.1, 0.15) is 23.6 Å². The molecule has 3 heteroatoms. The molecule has 1 atom stereocenters. The highest BCUT2D eigenvalue weighted by Gasteiger charge is 2.24. The van der Waals surface area contributed by atoms with Crippen molar-refractivity contribution in [2.75, 3.05) is 18.0 Å². The molecule has 2 heterocycles. The number of hydrogen-bond acceptors (Lipinski definition) is 2. The Hall–Kier alpha value is -1.54. The van der Waals surface area contributed by atoms with Gasteiger partial charge in [0.1, 0.15) is 5.82 Å². The molecule has 3 rings (SSSR count). The number of halogens is 1. The predicted molar refractivity (Wildman–Crippen MR) is 79.8 cm³/mol. The zero-order valence-electron chi connectivity index (χ0n) is 10.8. The van der Waals surface area contributed by atoms with E-state index in [1.54, 1.807) is 0 Å². The summed E-state index contributed by atoms with van der Waals surface area (Å²) >= 11 is 5.85. The van der Waals surface area contributed by atoms with Gasteiger partial charge in [-0.05, 0) is 24.1 Å². The second-order valence-corrected chi connectivity index (χ2v) is 5.23. The smallest absolute Gasteiger partial charge is 0.128 e. The Kier molecular flexibility index (Phi) is 3.69. The van der Waals surface area contributed by atoms with Crippen LogP contribution in [0.2, 0.25) is 0 Å². The Morgan fingerprint density at radius 3 is 2.74 bits per heavy atom. The summed E-state index contributed by atoms with van der Waals surface area (Å²) in [5.41, 5.74) is 2.38. The van der Waals surface area contributed by atoms with Gasteiger partial charge in [0.2, 0.25) is 0 Å². The summed E-state index contributed by atoms with van der Waals surface area (Å²) in [5, 5.41) is 0. The Bertz CT molecular complexity index is 541. The largest absolute Gasteiger partial charge is 0.356 e. The van der Waals surface area contributed by atoms with Gasteiger partial charge < -0.3 is 4.90 Å². The number of rotatable bonds is 3. The Balaban J connectivity index is 1.75. The second kappa shape index (κ2) is 5.62. The summed E-state index contributed by atoms with van der Waals surface area (Å²) < 4.78 is 0. The van der Waals surface area contributed by atoms with E-state index in [1.807, 2.05) is 12.1 Å². The third kappa shape index (κ3) is 2.74. The van der Waals surface area contributed by atoms with Crippen molar-refractivity contribution in [1.82, 2.24) is 4.98 Å². The molecule has 1 unspecified atom stereocenters. The first-order valence-electron chi connectivity index (χ1n) is 6.68. The summed E-state index contributed by atoms with van der Waals surface area (Å²) in [6.45, 7) is 2.11. The molecular formula is C16H17ClN2. The molecule has 0 N–H and O–H groups in total. The van der Waals surface area contributed by atoms with Gasteiger partial charge in [-0.1, -0.05) is 36.4 Å². The van der Waals surface area contributed by atoms with Gasteiger partial charge in [-0.25, -0.2) is 4.98 Å². The molecule has 0 radical (unpaired) electrons. The maximum absolute atomic E-state index is 5.85. The van der Waals surface area contributed by atoms with E-state index in [1.165, 1.54) is 12.0 Å². The summed E-state index contributed by atoms with van der Waals surface area (Å²) in [6.07, 6.45) is 1.19. The van der Waals surface area contributed by atoms with Crippen LogP contribution < -0.4 is 4.90 Å². The SMILES string of the molecule is ClCc1cccc(N2CCC(c3ccccc3)C2)n1. The topological polar surface area (TPSA) is 16.1 Å². The molecule has 1 aliphatic rings. The zero-order valence-corrected chi connectivity index (χ0v) is 11.6. The molecular weight excluding hydrogens is 256 g/mol. The van der Waals surface area contributed by atoms with Crippen LogP contribution in [0.25, 0.3) is 0 Å². The van der Waals surface area contributed by atoms with Crippen molar-refractivity contribution < 1.29 is 0 Å². The highest BCUT2D eigenvalue weighted by atomic mass is 35.5. The number of hydrogen-bond donors (Lipinski definition) is 0. The standard InChI is InChI=1S/C16H17ClN2/c17-11-15-7-4-8-16(18-15)19-10-9-14(12-19)13-5-2-1-3-6-13/h1-8,14H,9-12H2. The minimum absolute atomic E-state index is 0.476. The number of alkyl halides is 1. The minimum Gasteiger partial charge on any atom is -0.356 e. The van der Waals surface area contributed by atoms with E-state index in [2.05, 4.69) is 46.3 Å². The van der Waals surface area contributed by atoms with Crippen LogP contribution in [-0.2, 0) is 5.88 Å². The molecule has 1 fully saturated rings. The first kappa shape index (κ1) is 12.5. The highest BCUT2D eigenvalue weighted by Crippen LogP contribution is 2.29. The van der Waals surface area contributed by atoms with E-state index < -0.39 is 0 Å². The summed E-state index contributed by atoms with van der Waals surface area (Å²) in [6, 6.07) is 16.8. The van der Waals surface area contributed by atoms with E-state index in [0.29, 0.717) is 11.8 Å². The average molecular weight is 273 g/mol. The zero-order chi connectivity index (χ0) is 13.1. The van der Waals surface area contributed by atoms with Crippen LogP contribution in [0.15, 0.2) is 48.5 Å². The van der Waals surface area contributed by atoms with Gasteiger partial charge in [0.15, 0.2) is 0 Å². The van der Waals surface area contributed by atoms with Gasteiger partial charge in [0.25, 0.3) is 0 Å². The van der Waals surface area contributed by atoms with E-state index in [9.17, 15) is 0 Å². The van der Waals surface area contributed by atoms with E-state index in [-0.39, 0.29) is 0 Å². The summed E-state index contributed by atoms with van der Waals surface area (Å²) in [7, 11) is 0. The van der Waals surface area contributed by atoms with Gasteiger partial charge in [-0.2, -0.15) is 0 Å². The lowest BCUT2D eigenvalue weighted by Crippen LogP contribution is -2.20. The number of benzene rings is 1. The Morgan fingerprint density at radius 2 is 1.95 bits per heavy atom. The van der Waals surface area contributed by atoms with Crippen LogP contribution in [0, 0.1) is 0 Å². The monoisotopic (exact) mass is 272 g/mol. The maximum Gasteiger partial charge on any atom is 0.128 e. The van der Waals surface area contributed by atoms with Gasteiger partial charge >= 0.3 is 0 Å². The van der Waals surface area contributed by atoms with Crippen LogP contribution in [-0.4, -0.2) is 18.1 Å². The van der Waals surface area contributed by atoms with E-state index >= 15 is 0 Å². The fourth-order valence-corrected chi connectivity index (χ4v) is 2.83. The minimum atomic E-state index is 0.476. The van der Waals surface area contributed by atoms with Crippen molar-refractivity contribution in [3.05, 3.63) is 59.8 Å². The van der Waals surface area contributed by atoms with Crippen molar-refractivity contribution in [2.45, 2.75) is 18.2 Å². The molecule has 2 nitrogen and oxygen atoms in total. The summed E-state index contributed by atoms with van der Waals surface area (Å²) in [4.78, 5) is 6.95. The quantitative estimate of drug-likeness (QED) is 0.790. The van der Waals surface area contributed by atoms with Crippen molar-refractivity contribution >= 4 is 17.4 Å². The lowest BCUT2D eigenvalue weighted by atomic mass is 9.99. The van der Waals surface area contributed by atoms with Crippen LogP contribution in [0.3, 0.4) is 0 Å². The predicted octanol–water partition coefficient (Wildman–Crippen LogP) is 3.81. The number of aromatic nitrogens is 1. The lowest BCUT2D eigenvalue weighted by Gasteiger charge is -2.18. The molecule has 19 heavy (non-hydrogen) atoms. The Morgan fingerprint density at radius 1 is 1.11 bits per heavy atom. The molecule has 0 bridgehead atoms. The third-order valence-corrected chi connectivity index (χ3v) is 3.99. The van der Waals surface area contributed by atoms with Gasteiger partial charge in [-0.15, -0.1) is 11.6 Å². The van der Waals surface area contributed by atoms with E-state index in [0.717, 1.165) is 24.6 Å². The van der Waals surface area contributed by atoms with Gasteiger partial charge in [-0.3, -0.25) is 0 Å². The first-order chi connectivity index (χ1) is 9.36. The number of nitrogens with zero attached hydrogens (tertiary/aromatic N) is 2. The summed E-state index contributed by atoms with van der Waals surface area (Å²) in [5.74, 6) is 2.14. The molecule has 1 aliphatic heterocycles. The molecule has 1 aromatic heterocycles. The normalized spacial score (nSPS) is 18.8. The average Bonchev–Trinajstić information content (AvgIpc) is 2.98. The molecule has 0 saturated carbocycles. The number of pyridine rings is 1. The molecule has 1 saturated heterocycles. The van der Waals surface area contributed by atoms with Crippen LogP contribution in [0.5, 0.6) is 0 Å². The van der Waals surface area contributed by atoms with Gasteiger partial charge in [0, 0.05) is 19.0 Å². The molecule has 0 amide bonds. The van der Waals surface area contributed by atoms with Crippen molar-refractivity contribution in [2.24, 2.45) is 0 Å². The Labute approximate surface area is 119 Å². The molecule has 1 aromatic carbocycles. The maximum atomic E-state index is 5.85. The van der Waals surface area contributed by atoms with Crippen LogP contribution in [0.4, 0.5) is 5.82 Å². The highest BCUT2D eigenvalue weighted by molar-refractivity contribution is 6.16. The molecule has 98 valence electrons. The molecule has 0 aliphatic carbocycles. The molecule has 0 spiro atoms. The second-order valence-electron chi connectivity index (χ2n) is 4.96. The van der Waals surface area contributed by atoms with Crippen molar-refractivity contribution in [3.63, 3.8) is 0 Å².